The summed E-state index contributed by atoms with van der Waals surface area (Å²) in [6.45, 7) is 1.95. The molecule has 1 fully saturated rings. The fourth-order valence-electron chi connectivity index (χ4n) is 3.20. The highest BCUT2D eigenvalue weighted by molar-refractivity contribution is 5.92. The summed E-state index contributed by atoms with van der Waals surface area (Å²) in [5.74, 6) is 0.685. The first-order valence-corrected chi connectivity index (χ1v) is 9.53. The molecule has 0 bridgehead atoms. The molecule has 1 saturated carbocycles. The molecule has 0 saturated heterocycles. The number of furan rings is 1. The van der Waals surface area contributed by atoms with E-state index in [0.29, 0.717) is 11.3 Å². The Balaban J connectivity index is 1.46. The van der Waals surface area contributed by atoms with Gasteiger partial charge in [-0.2, -0.15) is 0 Å². The third-order valence-electron chi connectivity index (χ3n) is 4.80. The minimum Gasteiger partial charge on any atom is -0.467 e. The number of amides is 1. The Morgan fingerprint density at radius 1 is 1.31 bits per heavy atom. The highest BCUT2D eigenvalue weighted by atomic mass is 19.1. The van der Waals surface area contributed by atoms with E-state index in [2.05, 4.69) is 4.98 Å². The predicted molar refractivity (Wildman–Crippen MR) is 107 cm³/mol. The number of rotatable bonds is 7. The van der Waals surface area contributed by atoms with E-state index < -0.39 is 5.82 Å². The standard InChI is InChI=1S/C23H21FN2O3/c1-16(21-5-3-13-28-21)26(18-8-9-18)23(27)11-7-17-6-10-22(20(24)14-17)29-19-4-2-12-25-15-19/h2-7,10-16,18H,8-9H2,1H3/b11-7+. The van der Waals surface area contributed by atoms with Gasteiger partial charge in [0, 0.05) is 18.3 Å². The van der Waals surface area contributed by atoms with Crippen molar-refractivity contribution in [2.24, 2.45) is 0 Å². The van der Waals surface area contributed by atoms with E-state index in [9.17, 15) is 9.18 Å². The zero-order valence-corrected chi connectivity index (χ0v) is 16.0. The molecule has 0 N–H and O–H groups in total. The Kier molecular flexibility index (Phi) is 5.42. The van der Waals surface area contributed by atoms with Crippen LogP contribution in [-0.2, 0) is 4.79 Å². The van der Waals surface area contributed by atoms with Crippen molar-refractivity contribution in [1.82, 2.24) is 9.88 Å². The minimum absolute atomic E-state index is 0.104. The Hall–Kier alpha value is -3.41. The first-order chi connectivity index (χ1) is 14.1. The largest absolute Gasteiger partial charge is 0.467 e. The number of benzene rings is 1. The summed E-state index contributed by atoms with van der Waals surface area (Å²) in [5, 5.41) is 0. The lowest BCUT2D eigenvalue weighted by Gasteiger charge is -2.26. The van der Waals surface area contributed by atoms with E-state index >= 15 is 0 Å². The molecule has 5 nitrogen and oxygen atoms in total. The fourth-order valence-corrected chi connectivity index (χ4v) is 3.20. The molecular weight excluding hydrogens is 371 g/mol. The van der Waals surface area contributed by atoms with Gasteiger partial charge in [-0.05, 0) is 67.8 Å². The number of nitrogens with zero attached hydrogens (tertiary/aromatic N) is 2. The number of aromatic nitrogens is 1. The minimum atomic E-state index is -0.508. The summed E-state index contributed by atoms with van der Waals surface area (Å²) in [5.41, 5.74) is 0.579. The van der Waals surface area contributed by atoms with Crippen LogP contribution in [0.25, 0.3) is 6.08 Å². The van der Waals surface area contributed by atoms with E-state index in [-0.39, 0.29) is 23.7 Å². The van der Waals surface area contributed by atoms with Crippen LogP contribution in [0.5, 0.6) is 11.5 Å². The quantitative estimate of drug-likeness (QED) is 0.507. The van der Waals surface area contributed by atoms with Crippen molar-refractivity contribution in [2.75, 3.05) is 0 Å². The SMILES string of the molecule is CC(c1ccco1)N(C(=O)/C=C/c1ccc(Oc2cccnc2)c(F)c1)C1CC1. The number of halogens is 1. The predicted octanol–water partition coefficient (Wildman–Crippen LogP) is 5.37. The maximum atomic E-state index is 14.4. The molecule has 0 radical (unpaired) electrons. The Morgan fingerprint density at radius 3 is 2.83 bits per heavy atom. The number of carbonyl (C=O) groups is 1. The summed E-state index contributed by atoms with van der Waals surface area (Å²) in [4.78, 5) is 18.6. The molecule has 1 aliphatic carbocycles. The van der Waals surface area contributed by atoms with Gasteiger partial charge in [-0.3, -0.25) is 9.78 Å². The van der Waals surface area contributed by atoms with Crippen LogP contribution in [0.3, 0.4) is 0 Å². The van der Waals surface area contributed by atoms with Gasteiger partial charge in [0.2, 0.25) is 5.91 Å². The summed E-state index contributed by atoms with van der Waals surface area (Å²) in [6.07, 6.45) is 9.80. The molecule has 3 aromatic rings. The third-order valence-corrected chi connectivity index (χ3v) is 4.80. The number of pyridine rings is 1. The van der Waals surface area contributed by atoms with E-state index in [1.54, 1.807) is 36.7 Å². The summed E-state index contributed by atoms with van der Waals surface area (Å²) < 4.78 is 25.3. The van der Waals surface area contributed by atoms with Crippen LogP contribution in [0.2, 0.25) is 0 Å². The van der Waals surface area contributed by atoms with Crippen LogP contribution in [0, 0.1) is 5.82 Å². The summed E-state index contributed by atoms with van der Waals surface area (Å²) in [6, 6.07) is 11.7. The zero-order chi connectivity index (χ0) is 20.2. The lowest BCUT2D eigenvalue weighted by Crippen LogP contribution is -2.34. The van der Waals surface area contributed by atoms with Gasteiger partial charge in [-0.15, -0.1) is 0 Å². The highest BCUT2D eigenvalue weighted by Crippen LogP contribution is 2.35. The van der Waals surface area contributed by atoms with Crippen LogP contribution in [0.1, 0.15) is 37.1 Å². The molecule has 6 heteroatoms. The van der Waals surface area contributed by atoms with Gasteiger partial charge >= 0.3 is 0 Å². The van der Waals surface area contributed by atoms with Gasteiger partial charge in [-0.1, -0.05) is 6.07 Å². The van der Waals surface area contributed by atoms with E-state index in [0.717, 1.165) is 18.6 Å². The van der Waals surface area contributed by atoms with Gasteiger partial charge in [-0.25, -0.2) is 4.39 Å². The number of hydrogen-bond donors (Lipinski definition) is 0. The van der Waals surface area contributed by atoms with Crippen LogP contribution in [0.4, 0.5) is 4.39 Å². The molecule has 1 unspecified atom stereocenters. The Labute approximate surface area is 168 Å². The molecular formula is C23H21FN2O3. The lowest BCUT2D eigenvalue weighted by atomic mass is 10.1. The number of hydrogen-bond acceptors (Lipinski definition) is 4. The normalized spacial score (nSPS) is 14.7. The first kappa shape index (κ1) is 18.9. The number of ether oxygens (including phenoxy) is 1. The van der Waals surface area contributed by atoms with Gasteiger partial charge < -0.3 is 14.1 Å². The summed E-state index contributed by atoms with van der Waals surface area (Å²) in [7, 11) is 0. The molecule has 2 heterocycles. The average Bonchev–Trinajstić information content (AvgIpc) is 3.40. The van der Waals surface area contributed by atoms with Gasteiger partial charge in [0.15, 0.2) is 11.6 Å². The fraction of sp³-hybridized carbons (Fsp3) is 0.217. The van der Waals surface area contributed by atoms with E-state index in [1.807, 2.05) is 24.0 Å². The maximum absolute atomic E-state index is 14.4. The zero-order valence-electron chi connectivity index (χ0n) is 16.0. The second kappa shape index (κ2) is 8.31. The topological polar surface area (TPSA) is 55.6 Å². The molecule has 148 valence electrons. The lowest BCUT2D eigenvalue weighted by molar-refractivity contribution is -0.129. The van der Waals surface area contributed by atoms with Crippen molar-refractivity contribution in [1.29, 1.82) is 0 Å². The molecule has 1 aliphatic rings. The Morgan fingerprint density at radius 2 is 2.17 bits per heavy atom. The van der Waals surface area contributed by atoms with E-state index in [4.69, 9.17) is 9.15 Å². The molecule has 1 amide bonds. The third kappa shape index (κ3) is 4.54. The molecule has 29 heavy (non-hydrogen) atoms. The van der Waals surface area contributed by atoms with E-state index in [1.165, 1.54) is 24.4 Å². The Bertz CT molecular complexity index is 998. The average molecular weight is 392 g/mol. The van der Waals surface area contributed by atoms with Crippen molar-refractivity contribution in [3.63, 3.8) is 0 Å². The smallest absolute Gasteiger partial charge is 0.247 e. The van der Waals surface area contributed by atoms with Gasteiger partial charge in [0.05, 0.1) is 18.5 Å². The maximum Gasteiger partial charge on any atom is 0.247 e. The van der Waals surface area contributed by atoms with Gasteiger partial charge in [0.25, 0.3) is 0 Å². The molecule has 2 aromatic heterocycles. The van der Waals surface area contributed by atoms with Crippen molar-refractivity contribution >= 4 is 12.0 Å². The number of carbonyl (C=O) groups excluding carboxylic acids is 1. The van der Waals surface area contributed by atoms with Crippen LogP contribution < -0.4 is 4.74 Å². The molecule has 0 spiro atoms. The monoisotopic (exact) mass is 392 g/mol. The molecule has 1 atom stereocenters. The second-order valence-corrected chi connectivity index (χ2v) is 6.98. The molecule has 0 aliphatic heterocycles. The van der Waals surface area contributed by atoms with Crippen LogP contribution in [-0.4, -0.2) is 21.8 Å². The second-order valence-electron chi connectivity index (χ2n) is 6.98. The van der Waals surface area contributed by atoms with Gasteiger partial charge in [0.1, 0.15) is 11.5 Å². The highest BCUT2D eigenvalue weighted by Gasteiger charge is 2.36. The molecule has 4 rings (SSSR count). The van der Waals surface area contributed by atoms with Crippen molar-refractivity contribution < 1.29 is 18.3 Å². The van der Waals surface area contributed by atoms with Crippen molar-refractivity contribution in [3.8, 4) is 11.5 Å². The van der Waals surface area contributed by atoms with Crippen molar-refractivity contribution in [3.05, 3.63) is 84.3 Å². The first-order valence-electron chi connectivity index (χ1n) is 9.53. The van der Waals surface area contributed by atoms with Crippen LogP contribution >= 0.6 is 0 Å². The molecule has 1 aromatic carbocycles. The van der Waals surface area contributed by atoms with Crippen molar-refractivity contribution in [2.45, 2.75) is 31.8 Å². The summed E-state index contributed by atoms with van der Waals surface area (Å²) >= 11 is 0. The van der Waals surface area contributed by atoms with Crippen LogP contribution in [0.15, 0.2) is 71.6 Å².